The van der Waals surface area contributed by atoms with Gasteiger partial charge in [0.05, 0.1) is 0 Å². The molecule has 0 spiro atoms. The molecule has 0 saturated heterocycles. The van der Waals surface area contributed by atoms with Crippen molar-refractivity contribution in [3.8, 4) is 0 Å². The van der Waals surface area contributed by atoms with Crippen molar-refractivity contribution >= 4 is 11.6 Å². The van der Waals surface area contributed by atoms with Gasteiger partial charge in [-0.05, 0) is 50.1 Å². The Morgan fingerprint density at radius 1 is 1.17 bits per heavy atom. The number of nitrogens with zero attached hydrogens (tertiary/aromatic N) is 1. The lowest BCUT2D eigenvalue weighted by Crippen LogP contribution is -2.22. The smallest absolute Gasteiger partial charge is 0.250 e. The molecule has 0 fully saturated rings. The molecule has 0 unspecified atom stereocenters. The number of aryl methyl sites for hydroxylation is 1. The predicted molar refractivity (Wildman–Crippen MR) is 97.1 cm³/mol. The molecule has 0 saturated carbocycles. The van der Waals surface area contributed by atoms with Crippen LogP contribution in [0.3, 0.4) is 0 Å². The van der Waals surface area contributed by atoms with Crippen molar-refractivity contribution in [1.29, 1.82) is 0 Å². The molecule has 0 bridgehead atoms. The van der Waals surface area contributed by atoms with Gasteiger partial charge in [0, 0.05) is 37.5 Å². The number of unbranched alkanes of at least 4 members (excludes halogenated alkanes) is 1. The van der Waals surface area contributed by atoms with Crippen molar-refractivity contribution in [2.45, 2.75) is 39.3 Å². The Hall–Kier alpha value is -2.40. The summed E-state index contributed by atoms with van der Waals surface area (Å²) in [6, 6.07) is 13.3. The van der Waals surface area contributed by atoms with E-state index >= 15 is 0 Å². The Morgan fingerprint density at radius 2 is 2.00 bits per heavy atom. The van der Waals surface area contributed by atoms with Gasteiger partial charge in [-0.3, -0.25) is 9.59 Å². The van der Waals surface area contributed by atoms with Crippen molar-refractivity contribution in [1.82, 2.24) is 9.88 Å². The highest BCUT2D eigenvalue weighted by Gasteiger charge is 2.06. The molecule has 1 amide bonds. The molecule has 1 atom stereocenters. The molecule has 0 aliphatic rings. The second-order valence-corrected chi connectivity index (χ2v) is 5.92. The van der Waals surface area contributed by atoms with Crippen LogP contribution < -0.4 is 16.2 Å². The number of amides is 1. The van der Waals surface area contributed by atoms with E-state index in [2.05, 4.69) is 17.6 Å². The van der Waals surface area contributed by atoms with Gasteiger partial charge in [0.2, 0.25) is 11.5 Å². The van der Waals surface area contributed by atoms with Gasteiger partial charge in [0.15, 0.2) is 0 Å². The minimum atomic E-state index is -0.0658. The fourth-order valence-corrected chi connectivity index (χ4v) is 2.58. The zero-order chi connectivity index (χ0) is 17.4. The number of aromatic nitrogens is 1. The number of carbonyl (C=O) groups excluding carboxylic acids is 1. The summed E-state index contributed by atoms with van der Waals surface area (Å²) in [5.74, 6) is -0.0658. The van der Waals surface area contributed by atoms with E-state index < -0.39 is 0 Å². The summed E-state index contributed by atoms with van der Waals surface area (Å²) in [6.07, 6.45) is 3.78. The summed E-state index contributed by atoms with van der Waals surface area (Å²) in [4.78, 5) is 22.7. The Bertz CT molecular complexity index is 724. The van der Waals surface area contributed by atoms with E-state index in [0.29, 0.717) is 0 Å². The number of benzene rings is 1. The topological polar surface area (TPSA) is 63.1 Å². The van der Waals surface area contributed by atoms with Crippen molar-refractivity contribution in [2.24, 2.45) is 0 Å². The third-order valence-electron chi connectivity index (χ3n) is 3.88. The van der Waals surface area contributed by atoms with Crippen LogP contribution >= 0.6 is 0 Å². The maximum absolute atomic E-state index is 11.6. The lowest BCUT2D eigenvalue weighted by atomic mass is 10.1. The second kappa shape index (κ2) is 9.03. The SMILES string of the molecule is CC(=O)Nc1cccc([C@@H](C)NCCCCn2ccccc2=O)c1. The number of hydrogen-bond acceptors (Lipinski definition) is 3. The van der Waals surface area contributed by atoms with Gasteiger partial charge in [0.25, 0.3) is 0 Å². The number of pyridine rings is 1. The third-order valence-corrected chi connectivity index (χ3v) is 3.88. The van der Waals surface area contributed by atoms with Gasteiger partial charge in [-0.2, -0.15) is 0 Å². The number of anilines is 1. The molecule has 128 valence electrons. The highest BCUT2D eigenvalue weighted by atomic mass is 16.1. The normalized spacial score (nSPS) is 11.9. The summed E-state index contributed by atoms with van der Waals surface area (Å²) in [7, 11) is 0. The summed E-state index contributed by atoms with van der Waals surface area (Å²) in [5.41, 5.74) is 2.01. The van der Waals surface area contributed by atoms with Gasteiger partial charge < -0.3 is 15.2 Å². The van der Waals surface area contributed by atoms with Gasteiger partial charge in [0.1, 0.15) is 0 Å². The molecule has 0 radical (unpaired) electrons. The molecule has 2 rings (SSSR count). The van der Waals surface area contributed by atoms with Gasteiger partial charge >= 0.3 is 0 Å². The van der Waals surface area contributed by atoms with E-state index in [1.54, 1.807) is 16.7 Å². The minimum absolute atomic E-state index is 0.0496. The summed E-state index contributed by atoms with van der Waals surface area (Å²) in [6.45, 7) is 5.24. The number of carbonyl (C=O) groups is 1. The zero-order valence-corrected chi connectivity index (χ0v) is 14.3. The fraction of sp³-hybridized carbons (Fsp3) is 0.368. The van der Waals surface area contributed by atoms with Crippen LogP contribution in [0.1, 0.15) is 38.3 Å². The standard InChI is InChI=1S/C19H25N3O2/c1-15(17-8-7-9-18(14-17)21-16(2)23)20-11-4-6-13-22-12-5-3-10-19(22)24/h3,5,7-10,12,14-15,20H,4,6,11,13H2,1-2H3,(H,21,23)/t15-/m1/s1. The van der Waals surface area contributed by atoms with Crippen LogP contribution in [0.25, 0.3) is 0 Å². The van der Waals surface area contributed by atoms with Crippen LogP contribution in [0.2, 0.25) is 0 Å². The molecule has 2 aromatic rings. The van der Waals surface area contributed by atoms with E-state index in [0.717, 1.165) is 37.2 Å². The summed E-state index contributed by atoms with van der Waals surface area (Å²) >= 11 is 0. The van der Waals surface area contributed by atoms with Crippen LogP contribution in [0.5, 0.6) is 0 Å². The summed E-state index contributed by atoms with van der Waals surface area (Å²) < 4.78 is 1.74. The van der Waals surface area contributed by atoms with E-state index in [1.165, 1.54) is 6.92 Å². The van der Waals surface area contributed by atoms with Crippen molar-refractivity contribution in [3.05, 3.63) is 64.6 Å². The average Bonchev–Trinajstić information content (AvgIpc) is 2.55. The van der Waals surface area contributed by atoms with Crippen molar-refractivity contribution < 1.29 is 4.79 Å². The highest BCUT2D eigenvalue weighted by molar-refractivity contribution is 5.88. The molecule has 24 heavy (non-hydrogen) atoms. The summed E-state index contributed by atoms with van der Waals surface area (Å²) in [5, 5.41) is 6.28. The van der Waals surface area contributed by atoms with E-state index in [1.807, 2.05) is 36.5 Å². The second-order valence-electron chi connectivity index (χ2n) is 5.92. The monoisotopic (exact) mass is 327 g/mol. The van der Waals surface area contributed by atoms with Gasteiger partial charge in [-0.25, -0.2) is 0 Å². The Balaban J connectivity index is 1.75. The van der Waals surface area contributed by atoms with Crippen LogP contribution in [0.4, 0.5) is 5.69 Å². The lowest BCUT2D eigenvalue weighted by molar-refractivity contribution is -0.114. The number of rotatable bonds is 8. The Labute approximate surface area is 142 Å². The molecule has 1 aromatic carbocycles. The first kappa shape index (κ1) is 17.9. The van der Waals surface area contributed by atoms with Crippen LogP contribution in [-0.2, 0) is 11.3 Å². The molecule has 1 aromatic heterocycles. The highest BCUT2D eigenvalue weighted by Crippen LogP contribution is 2.17. The van der Waals surface area contributed by atoms with Crippen LogP contribution in [-0.4, -0.2) is 17.0 Å². The quantitative estimate of drug-likeness (QED) is 0.733. The Morgan fingerprint density at radius 3 is 2.75 bits per heavy atom. The molecule has 5 heteroatoms. The van der Waals surface area contributed by atoms with Crippen LogP contribution in [0, 0.1) is 0 Å². The molecule has 0 aliphatic carbocycles. The van der Waals surface area contributed by atoms with E-state index in [4.69, 9.17) is 0 Å². The van der Waals surface area contributed by atoms with Crippen molar-refractivity contribution in [3.63, 3.8) is 0 Å². The largest absolute Gasteiger partial charge is 0.326 e. The zero-order valence-electron chi connectivity index (χ0n) is 14.3. The molecule has 2 N–H and O–H groups in total. The fourth-order valence-electron chi connectivity index (χ4n) is 2.58. The molecule has 1 heterocycles. The Kier molecular flexibility index (Phi) is 6.75. The average molecular weight is 327 g/mol. The molecular weight excluding hydrogens is 302 g/mol. The van der Waals surface area contributed by atoms with Gasteiger partial charge in [-0.15, -0.1) is 0 Å². The molecular formula is C19H25N3O2. The molecule has 0 aliphatic heterocycles. The minimum Gasteiger partial charge on any atom is -0.326 e. The first-order valence-electron chi connectivity index (χ1n) is 8.32. The lowest BCUT2D eigenvalue weighted by Gasteiger charge is -2.15. The molecule has 5 nitrogen and oxygen atoms in total. The number of nitrogens with one attached hydrogen (secondary N) is 2. The first-order chi connectivity index (χ1) is 11.6. The third kappa shape index (κ3) is 5.66. The number of hydrogen-bond donors (Lipinski definition) is 2. The predicted octanol–water partition coefficient (Wildman–Crippen LogP) is 2.94. The first-order valence-corrected chi connectivity index (χ1v) is 8.32. The van der Waals surface area contributed by atoms with E-state index in [-0.39, 0.29) is 17.5 Å². The van der Waals surface area contributed by atoms with Crippen LogP contribution in [0.15, 0.2) is 53.5 Å². The maximum Gasteiger partial charge on any atom is 0.250 e. The van der Waals surface area contributed by atoms with E-state index in [9.17, 15) is 9.59 Å². The van der Waals surface area contributed by atoms with Gasteiger partial charge in [-0.1, -0.05) is 18.2 Å². The maximum atomic E-state index is 11.6. The van der Waals surface area contributed by atoms with Crippen molar-refractivity contribution in [2.75, 3.05) is 11.9 Å².